The molecular formula is C15H16ClF2NS. The number of hydrogen-bond acceptors (Lipinski definition) is 2. The highest BCUT2D eigenvalue weighted by Gasteiger charge is 2.22. The van der Waals surface area contributed by atoms with E-state index in [2.05, 4.69) is 5.32 Å². The Balaban J connectivity index is 2.46. The van der Waals surface area contributed by atoms with Crippen LogP contribution in [0, 0.1) is 18.6 Å². The highest BCUT2D eigenvalue weighted by atomic mass is 35.5. The van der Waals surface area contributed by atoms with Gasteiger partial charge in [-0.2, -0.15) is 0 Å². The Bertz CT molecular complexity index is 598. The van der Waals surface area contributed by atoms with Gasteiger partial charge in [0.15, 0.2) is 0 Å². The van der Waals surface area contributed by atoms with Gasteiger partial charge in [0.1, 0.15) is 11.6 Å². The number of benzene rings is 1. The van der Waals surface area contributed by atoms with Crippen molar-refractivity contribution < 1.29 is 8.78 Å². The van der Waals surface area contributed by atoms with Gasteiger partial charge in [-0.25, -0.2) is 8.78 Å². The average Bonchev–Trinajstić information content (AvgIpc) is 2.82. The Morgan fingerprint density at radius 3 is 2.65 bits per heavy atom. The highest BCUT2D eigenvalue weighted by molar-refractivity contribution is 7.10. The standard InChI is InChI=1S/C15H16ClF2NS/c1-3-5-19-14(15-11(16)4-6-20-15)10-8-12(17)9(2)7-13(10)18/h4,6-8,14,19H,3,5H2,1-2H3. The van der Waals surface area contributed by atoms with E-state index in [9.17, 15) is 8.78 Å². The first kappa shape index (κ1) is 15.4. The Morgan fingerprint density at radius 2 is 2.05 bits per heavy atom. The molecular weight excluding hydrogens is 300 g/mol. The van der Waals surface area contributed by atoms with Crippen molar-refractivity contribution in [1.29, 1.82) is 0 Å². The molecule has 0 bridgehead atoms. The molecule has 2 aromatic rings. The van der Waals surface area contributed by atoms with Crippen molar-refractivity contribution in [3.63, 3.8) is 0 Å². The lowest BCUT2D eigenvalue weighted by Crippen LogP contribution is -2.24. The molecule has 5 heteroatoms. The number of thiophene rings is 1. The molecule has 20 heavy (non-hydrogen) atoms. The molecule has 1 nitrogen and oxygen atoms in total. The maximum atomic E-state index is 14.2. The van der Waals surface area contributed by atoms with Gasteiger partial charge in [0, 0.05) is 10.4 Å². The van der Waals surface area contributed by atoms with Crippen LogP contribution in [0.5, 0.6) is 0 Å². The quantitative estimate of drug-likeness (QED) is 0.811. The zero-order valence-electron chi connectivity index (χ0n) is 11.3. The molecule has 0 aliphatic heterocycles. The first-order valence-corrected chi connectivity index (χ1v) is 7.72. The summed E-state index contributed by atoms with van der Waals surface area (Å²) in [4.78, 5) is 0.808. The van der Waals surface area contributed by atoms with E-state index in [0.717, 1.165) is 11.3 Å². The summed E-state index contributed by atoms with van der Waals surface area (Å²) in [5.41, 5.74) is 0.601. The van der Waals surface area contributed by atoms with Crippen LogP contribution in [0.15, 0.2) is 23.6 Å². The molecule has 1 aromatic carbocycles. The van der Waals surface area contributed by atoms with E-state index in [1.165, 1.54) is 23.5 Å². The molecule has 0 radical (unpaired) electrons. The third-order valence-corrected chi connectivity index (χ3v) is 4.52. The normalized spacial score (nSPS) is 12.7. The second kappa shape index (κ2) is 6.66. The summed E-state index contributed by atoms with van der Waals surface area (Å²) in [6, 6.07) is 3.84. The number of rotatable bonds is 5. The predicted octanol–water partition coefficient (Wildman–Crippen LogP) is 5.08. The third kappa shape index (κ3) is 3.19. The average molecular weight is 316 g/mol. The van der Waals surface area contributed by atoms with Gasteiger partial charge in [0.05, 0.1) is 11.1 Å². The van der Waals surface area contributed by atoms with Crippen LogP contribution in [0.1, 0.15) is 35.4 Å². The van der Waals surface area contributed by atoms with Crippen molar-refractivity contribution in [2.24, 2.45) is 0 Å². The van der Waals surface area contributed by atoms with Gasteiger partial charge < -0.3 is 5.32 Å². The first-order valence-electron chi connectivity index (χ1n) is 6.46. The van der Waals surface area contributed by atoms with E-state index in [4.69, 9.17) is 11.6 Å². The number of hydrogen-bond donors (Lipinski definition) is 1. The van der Waals surface area contributed by atoms with Gasteiger partial charge in [-0.1, -0.05) is 18.5 Å². The van der Waals surface area contributed by atoms with Crippen molar-refractivity contribution in [3.8, 4) is 0 Å². The van der Waals surface area contributed by atoms with Crippen molar-refractivity contribution in [1.82, 2.24) is 5.32 Å². The molecule has 0 amide bonds. The van der Waals surface area contributed by atoms with E-state index in [1.54, 1.807) is 13.0 Å². The highest BCUT2D eigenvalue weighted by Crippen LogP contribution is 2.34. The van der Waals surface area contributed by atoms with Crippen LogP contribution >= 0.6 is 22.9 Å². The SMILES string of the molecule is CCCNC(c1cc(F)c(C)cc1F)c1sccc1Cl. The van der Waals surface area contributed by atoms with Crippen LogP contribution in [0.25, 0.3) is 0 Å². The fourth-order valence-electron chi connectivity index (χ4n) is 2.03. The zero-order valence-corrected chi connectivity index (χ0v) is 12.9. The lowest BCUT2D eigenvalue weighted by atomic mass is 10.0. The second-order valence-electron chi connectivity index (χ2n) is 4.64. The molecule has 2 rings (SSSR count). The van der Waals surface area contributed by atoms with Crippen LogP contribution in [-0.4, -0.2) is 6.54 Å². The van der Waals surface area contributed by atoms with Gasteiger partial charge in [-0.15, -0.1) is 11.3 Å². The van der Waals surface area contributed by atoms with Crippen LogP contribution in [-0.2, 0) is 0 Å². The van der Waals surface area contributed by atoms with Crippen molar-refractivity contribution in [2.75, 3.05) is 6.54 Å². The molecule has 0 aliphatic carbocycles. The summed E-state index contributed by atoms with van der Waals surface area (Å²) in [6.45, 7) is 4.27. The molecule has 1 heterocycles. The summed E-state index contributed by atoms with van der Waals surface area (Å²) in [7, 11) is 0. The zero-order chi connectivity index (χ0) is 14.7. The van der Waals surface area contributed by atoms with Crippen molar-refractivity contribution in [2.45, 2.75) is 26.3 Å². The van der Waals surface area contributed by atoms with Crippen molar-refractivity contribution in [3.05, 3.63) is 56.2 Å². The Hall–Kier alpha value is -0.970. The molecule has 0 saturated carbocycles. The van der Waals surface area contributed by atoms with Gasteiger partial charge in [-0.3, -0.25) is 0 Å². The molecule has 0 spiro atoms. The maximum absolute atomic E-state index is 14.2. The Labute approximate surface area is 126 Å². The monoisotopic (exact) mass is 315 g/mol. The summed E-state index contributed by atoms with van der Waals surface area (Å²) in [6.07, 6.45) is 0.898. The molecule has 0 fully saturated rings. The van der Waals surface area contributed by atoms with Gasteiger partial charge in [0.25, 0.3) is 0 Å². The Morgan fingerprint density at radius 1 is 1.30 bits per heavy atom. The fraction of sp³-hybridized carbons (Fsp3) is 0.333. The molecule has 108 valence electrons. The molecule has 1 unspecified atom stereocenters. The van der Waals surface area contributed by atoms with E-state index in [0.29, 0.717) is 22.7 Å². The summed E-state index contributed by atoms with van der Waals surface area (Å²) >= 11 is 7.58. The lowest BCUT2D eigenvalue weighted by Gasteiger charge is -2.19. The number of aryl methyl sites for hydroxylation is 1. The maximum Gasteiger partial charge on any atom is 0.128 e. The number of halogens is 3. The van der Waals surface area contributed by atoms with E-state index in [1.807, 2.05) is 12.3 Å². The minimum Gasteiger partial charge on any atom is -0.305 e. The van der Waals surface area contributed by atoms with Crippen LogP contribution < -0.4 is 5.32 Å². The third-order valence-electron chi connectivity index (χ3n) is 3.09. The van der Waals surface area contributed by atoms with Gasteiger partial charge >= 0.3 is 0 Å². The molecule has 1 atom stereocenters. The molecule has 1 N–H and O–H groups in total. The molecule has 0 aliphatic rings. The first-order chi connectivity index (χ1) is 9.54. The molecule has 0 saturated heterocycles. The minimum atomic E-state index is -0.419. The second-order valence-corrected chi connectivity index (χ2v) is 6.00. The number of nitrogens with one attached hydrogen (secondary N) is 1. The van der Waals surface area contributed by atoms with E-state index in [-0.39, 0.29) is 0 Å². The largest absolute Gasteiger partial charge is 0.305 e. The predicted molar refractivity (Wildman–Crippen MR) is 80.6 cm³/mol. The topological polar surface area (TPSA) is 12.0 Å². The van der Waals surface area contributed by atoms with Crippen LogP contribution in [0.2, 0.25) is 5.02 Å². The van der Waals surface area contributed by atoms with Crippen LogP contribution in [0.4, 0.5) is 8.78 Å². The minimum absolute atomic E-state index is 0.297. The van der Waals surface area contributed by atoms with Crippen LogP contribution in [0.3, 0.4) is 0 Å². The summed E-state index contributed by atoms with van der Waals surface area (Å²) in [5.74, 6) is -0.820. The fourth-order valence-corrected chi connectivity index (χ4v) is 3.29. The van der Waals surface area contributed by atoms with E-state index < -0.39 is 17.7 Å². The molecule has 1 aromatic heterocycles. The lowest BCUT2D eigenvalue weighted by molar-refractivity contribution is 0.536. The summed E-state index contributed by atoms with van der Waals surface area (Å²) < 4.78 is 27.9. The summed E-state index contributed by atoms with van der Waals surface area (Å²) in [5, 5.41) is 5.66. The smallest absolute Gasteiger partial charge is 0.128 e. The van der Waals surface area contributed by atoms with Gasteiger partial charge in [0.2, 0.25) is 0 Å². The Kier molecular flexibility index (Phi) is 5.13. The van der Waals surface area contributed by atoms with Gasteiger partial charge in [-0.05, 0) is 49.0 Å². The van der Waals surface area contributed by atoms with E-state index >= 15 is 0 Å². The van der Waals surface area contributed by atoms with Crippen molar-refractivity contribution >= 4 is 22.9 Å².